The summed E-state index contributed by atoms with van der Waals surface area (Å²) in [6, 6.07) is 16.0. The van der Waals surface area contributed by atoms with Crippen molar-refractivity contribution in [2.45, 2.75) is 59.3 Å². The number of nitrogens with zero attached hydrogens (tertiary/aromatic N) is 1. The van der Waals surface area contributed by atoms with Crippen molar-refractivity contribution in [1.82, 2.24) is 10.6 Å². The molecule has 0 spiro atoms. The van der Waals surface area contributed by atoms with Gasteiger partial charge >= 0.3 is 12.2 Å². The summed E-state index contributed by atoms with van der Waals surface area (Å²) >= 11 is 0. The summed E-state index contributed by atoms with van der Waals surface area (Å²) in [4.78, 5) is 40.4. The molecular formula is C25H32N4O5. The van der Waals surface area contributed by atoms with Crippen LogP contribution >= 0.6 is 0 Å². The van der Waals surface area contributed by atoms with Gasteiger partial charge in [0, 0.05) is 17.8 Å². The van der Waals surface area contributed by atoms with Crippen LogP contribution in [0.5, 0.6) is 0 Å². The molecule has 34 heavy (non-hydrogen) atoms. The zero-order valence-corrected chi connectivity index (χ0v) is 20.4. The Morgan fingerprint density at radius 1 is 0.824 bits per heavy atom. The minimum atomic E-state index is -0.856. The standard InChI is InChI=1S/C25H32N4O5/c1-24(2,3)33-22(31)28-21(29-23(32)34-25(4,5)6)26-16-17-12-14-19(15-13-17)27-20(30)18-10-8-7-9-11-18/h7-15H,16H2,1-6H3,(H,27,30)(H2,26,28,29,31,32). The zero-order valence-electron chi connectivity index (χ0n) is 20.4. The average molecular weight is 469 g/mol. The van der Waals surface area contributed by atoms with Crippen LogP contribution in [-0.2, 0) is 16.0 Å². The molecule has 2 rings (SSSR count). The Hall–Kier alpha value is -3.88. The Bertz CT molecular complexity index is 1020. The van der Waals surface area contributed by atoms with Crippen LogP contribution in [0.1, 0.15) is 57.5 Å². The van der Waals surface area contributed by atoms with E-state index < -0.39 is 23.4 Å². The number of alkyl carbamates (subject to hydrolysis) is 1. The number of benzene rings is 2. The third-order valence-corrected chi connectivity index (χ3v) is 3.92. The molecule has 9 nitrogen and oxygen atoms in total. The molecule has 0 saturated heterocycles. The number of ether oxygens (including phenoxy) is 2. The molecule has 0 fully saturated rings. The number of nitrogens with one attached hydrogen (secondary N) is 3. The number of rotatable bonds is 4. The van der Waals surface area contributed by atoms with Crippen molar-refractivity contribution in [1.29, 1.82) is 0 Å². The summed E-state index contributed by atoms with van der Waals surface area (Å²) < 4.78 is 10.4. The normalized spacial score (nSPS) is 11.9. The van der Waals surface area contributed by atoms with Gasteiger partial charge in [-0.05, 0) is 71.4 Å². The Kier molecular flexibility index (Phi) is 8.77. The largest absolute Gasteiger partial charge is 0.444 e. The molecule has 0 aliphatic rings. The molecule has 0 aliphatic carbocycles. The van der Waals surface area contributed by atoms with E-state index in [0.29, 0.717) is 11.3 Å². The summed E-state index contributed by atoms with van der Waals surface area (Å²) in [7, 11) is 0. The van der Waals surface area contributed by atoms with Gasteiger partial charge in [0.15, 0.2) is 0 Å². The van der Waals surface area contributed by atoms with E-state index in [1.165, 1.54) is 0 Å². The Balaban J connectivity index is 2.04. The average Bonchev–Trinajstić information content (AvgIpc) is 2.71. The van der Waals surface area contributed by atoms with Gasteiger partial charge in [-0.15, -0.1) is 4.99 Å². The lowest BCUT2D eigenvalue weighted by Gasteiger charge is -2.21. The van der Waals surface area contributed by atoms with Gasteiger partial charge in [0.2, 0.25) is 5.96 Å². The van der Waals surface area contributed by atoms with E-state index in [9.17, 15) is 14.4 Å². The van der Waals surface area contributed by atoms with Gasteiger partial charge in [-0.25, -0.2) is 9.59 Å². The number of anilines is 1. The van der Waals surface area contributed by atoms with Crippen molar-refractivity contribution < 1.29 is 23.9 Å². The fourth-order valence-corrected chi connectivity index (χ4v) is 2.57. The lowest BCUT2D eigenvalue weighted by molar-refractivity contribution is 0.0560. The third-order valence-electron chi connectivity index (χ3n) is 3.92. The smallest absolute Gasteiger partial charge is 0.437 e. The summed E-state index contributed by atoms with van der Waals surface area (Å²) in [5, 5.41) is 8.17. The fraction of sp³-hybridized carbons (Fsp3) is 0.360. The molecule has 3 N–H and O–H groups in total. The van der Waals surface area contributed by atoms with Crippen LogP contribution in [0.4, 0.5) is 15.3 Å². The van der Waals surface area contributed by atoms with E-state index in [2.05, 4.69) is 20.9 Å². The van der Waals surface area contributed by atoms with Crippen LogP contribution in [0.15, 0.2) is 59.6 Å². The molecule has 2 aromatic rings. The van der Waals surface area contributed by atoms with Crippen molar-refractivity contribution in [3.05, 3.63) is 65.7 Å². The van der Waals surface area contributed by atoms with Gasteiger partial charge in [0.25, 0.3) is 5.91 Å². The Morgan fingerprint density at radius 2 is 1.41 bits per heavy atom. The van der Waals surface area contributed by atoms with E-state index in [1.807, 2.05) is 6.07 Å². The van der Waals surface area contributed by atoms with Gasteiger partial charge in [-0.3, -0.25) is 10.1 Å². The second-order valence-electron chi connectivity index (χ2n) is 9.44. The van der Waals surface area contributed by atoms with Crippen LogP contribution in [0.3, 0.4) is 0 Å². The molecule has 0 heterocycles. The second-order valence-corrected chi connectivity index (χ2v) is 9.44. The molecule has 0 radical (unpaired) electrons. The molecule has 0 unspecified atom stereocenters. The van der Waals surface area contributed by atoms with Crippen molar-refractivity contribution in [2.24, 2.45) is 4.99 Å². The van der Waals surface area contributed by atoms with Gasteiger partial charge in [-0.2, -0.15) is 0 Å². The topological polar surface area (TPSA) is 118 Å². The molecule has 182 valence electrons. The van der Waals surface area contributed by atoms with Gasteiger partial charge in [0.1, 0.15) is 11.2 Å². The zero-order chi connectivity index (χ0) is 25.4. The molecular weight excluding hydrogens is 436 g/mol. The van der Waals surface area contributed by atoms with Crippen LogP contribution in [0, 0.1) is 0 Å². The van der Waals surface area contributed by atoms with E-state index >= 15 is 0 Å². The van der Waals surface area contributed by atoms with Crippen LogP contribution < -0.4 is 16.0 Å². The molecule has 0 saturated carbocycles. The number of guanidine groups is 1. The quantitative estimate of drug-likeness (QED) is 0.436. The lowest BCUT2D eigenvalue weighted by Crippen LogP contribution is -2.44. The van der Waals surface area contributed by atoms with Crippen molar-refractivity contribution >= 4 is 29.7 Å². The monoisotopic (exact) mass is 468 g/mol. The molecule has 0 aliphatic heterocycles. The number of amides is 3. The third kappa shape index (κ3) is 10.2. The minimum absolute atomic E-state index is 0.107. The maximum absolute atomic E-state index is 12.3. The summed E-state index contributed by atoms with van der Waals surface area (Å²) in [5.41, 5.74) is 0.552. The highest BCUT2D eigenvalue weighted by atomic mass is 16.6. The minimum Gasteiger partial charge on any atom is -0.444 e. The SMILES string of the molecule is CC(C)(C)OC(=O)/N=C(\NCc1ccc(NC(=O)c2ccccc2)cc1)NC(=O)OC(C)(C)C. The summed E-state index contributed by atoms with van der Waals surface area (Å²) in [5.74, 6) is -0.315. The first-order valence-electron chi connectivity index (χ1n) is 10.8. The van der Waals surface area contributed by atoms with Crippen molar-refractivity contribution in [3.63, 3.8) is 0 Å². The van der Waals surface area contributed by atoms with Crippen molar-refractivity contribution in [2.75, 3.05) is 5.32 Å². The predicted molar refractivity (Wildman–Crippen MR) is 131 cm³/mol. The number of hydrogen-bond donors (Lipinski definition) is 3. The van der Waals surface area contributed by atoms with Crippen molar-refractivity contribution in [3.8, 4) is 0 Å². The molecule has 0 bridgehead atoms. The molecule has 0 aromatic heterocycles. The van der Waals surface area contributed by atoms with Crippen LogP contribution in [0.25, 0.3) is 0 Å². The van der Waals surface area contributed by atoms with E-state index in [-0.39, 0.29) is 18.4 Å². The molecule has 2 aromatic carbocycles. The first-order chi connectivity index (χ1) is 15.8. The van der Waals surface area contributed by atoms with Gasteiger partial charge in [-0.1, -0.05) is 30.3 Å². The Morgan fingerprint density at radius 3 is 1.97 bits per heavy atom. The highest BCUT2D eigenvalue weighted by Crippen LogP contribution is 2.12. The molecule has 0 atom stereocenters. The number of carbonyl (C=O) groups excluding carboxylic acids is 3. The lowest BCUT2D eigenvalue weighted by atomic mass is 10.2. The number of carbonyl (C=O) groups is 3. The highest BCUT2D eigenvalue weighted by molar-refractivity contribution is 6.04. The first-order valence-corrected chi connectivity index (χ1v) is 10.8. The first kappa shape index (κ1) is 26.4. The maximum atomic E-state index is 12.3. The Labute approximate surface area is 199 Å². The predicted octanol–water partition coefficient (Wildman–Crippen LogP) is 4.84. The van der Waals surface area contributed by atoms with Gasteiger partial charge in [0.05, 0.1) is 0 Å². The van der Waals surface area contributed by atoms with E-state index in [1.54, 1.807) is 90.1 Å². The van der Waals surface area contributed by atoms with E-state index in [0.717, 1.165) is 5.56 Å². The number of hydrogen-bond acceptors (Lipinski definition) is 5. The van der Waals surface area contributed by atoms with Crippen LogP contribution in [-0.4, -0.2) is 35.3 Å². The summed E-state index contributed by atoms with van der Waals surface area (Å²) in [6.45, 7) is 10.6. The molecule has 9 heteroatoms. The number of aliphatic imine (C=N–C) groups is 1. The summed E-state index contributed by atoms with van der Waals surface area (Å²) in [6.07, 6.45) is -1.62. The van der Waals surface area contributed by atoms with E-state index in [4.69, 9.17) is 9.47 Å². The van der Waals surface area contributed by atoms with Crippen LogP contribution in [0.2, 0.25) is 0 Å². The van der Waals surface area contributed by atoms with Gasteiger partial charge < -0.3 is 20.1 Å². The molecule has 3 amide bonds. The fourth-order valence-electron chi connectivity index (χ4n) is 2.57. The second kappa shape index (κ2) is 11.3. The maximum Gasteiger partial charge on any atom is 0.437 e. The highest BCUT2D eigenvalue weighted by Gasteiger charge is 2.20.